The molecule has 2 aromatic carbocycles. The molecule has 1 aromatic heterocycles. The maximum Gasteiger partial charge on any atom is 0.221 e. The number of likely N-dealkylation sites (tertiary alicyclic amines) is 1. The van der Waals surface area contributed by atoms with Crippen LogP contribution in [-0.4, -0.2) is 40.1 Å². The second-order valence-electron chi connectivity index (χ2n) is 9.22. The number of nitrogens with zero attached hydrogens (tertiary/aromatic N) is 3. The monoisotopic (exact) mass is 445 g/mol. The highest BCUT2D eigenvalue weighted by atomic mass is 19.1. The molecule has 0 bridgehead atoms. The molecule has 3 atom stereocenters. The summed E-state index contributed by atoms with van der Waals surface area (Å²) in [6.45, 7) is 4.45. The molecule has 0 radical (unpaired) electrons. The average molecular weight is 446 g/mol. The molecule has 0 spiro atoms. The van der Waals surface area contributed by atoms with Crippen LogP contribution >= 0.6 is 0 Å². The SMILES string of the molecule is CC(=O)Nc1ccc(-c2ccc(NC3C[C@@H]4CN(Cc5cccc(F)c5)C[C@@H]4C3)nn2)cc1. The summed E-state index contributed by atoms with van der Waals surface area (Å²) in [6.07, 6.45) is 2.25. The van der Waals surface area contributed by atoms with Crippen LogP contribution in [0.1, 0.15) is 25.3 Å². The highest BCUT2D eigenvalue weighted by Crippen LogP contribution is 2.39. The third-order valence-corrected chi connectivity index (χ3v) is 6.64. The first-order chi connectivity index (χ1) is 16.0. The predicted molar refractivity (Wildman–Crippen MR) is 127 cm³/mol. The number of carbonyl (C=O) groups excluding carboxylic acids is 1. The summed E-state index contributed by atoms with van der Waals surface area (Å²) in [5, 5.41) is 15.1. The van der Waals surface area contributed by atoms with E-state index in [0.29, 0.717) is 17.9 Å². The lowest BCUT2D eigenvalue weighted by Crippen LogP contribution is -2.25. The van der Waals surface area contributed by atoms with Crippen molar-refractivity contribution in [1.82, 2.24) is 15.1 Å². The van der Waals surface area contributed by atoms with Crippen LogP contribution in [0.4, 0.5) is 15.9 Å². The van der Waals surface area contributed by atoms with Crippen LogP contribution in [0.5, 0.6) is 0 Å². The highest BCUT2D eigenvalue weighted by molar-refractivity contribution is 5.88. The lowest BCUT2D eigenvalue weighted by molar-refractivity contribution is -0.114. The summed E-state index contributed by atoms with van der Waals surface area (Å²) in [7, 11) is 0. The van der Waals surface area contributed by atoms with Crippen LogP contribution in [0.25, 0.3) is 11.3 Å². The topological polar surface area (TPSA) is 70.2 Å². The Morgan fingerprint density at radius 3 is 2.42 bits per heavy atom. The third-order valence-electron chi connectivity index (χ3n) is 6.64. The van der Waals surface area contributed by atoms with Crippen LogP contribution in [0.2, 0.25) is 0 Å². The van der Waals surface area contributed by atoms with E-state index in [1.807, 2.05) is 42.5 Å². The minimum atomic E-state index is -0.162. The maximum atomic E-state index is 13.5. The molecule has 1 aliphatic carbocycles. The Labute approximate surface area is 193 Å². The number of anilines is 2. The van der Waals surface area contributed by atoms with Crippen molar-refractivity contribution in [2.75, 3.05) is 23.7 Å². The Hall–Kier alpha value is -3.32. The first kappa shape index (κ1) is 21.5. The van der Waals surface area contributed by atoms with Gasteiger partial charge in [0.25, 0.3) is 0 Å². The van der Waals surface area contributed by atoms with E-state index in [0.717, 1.165) is 60.8 Å². The van der Waals surface area contributed by atoms with Crippen LogP contribution in [0.3, 0.4) is 0 Å². The largest absolute Gasteiger partial charge is 0.366 e. The lowest BCUT2D eigenvalue weighted by atomic mass is 10.0. The Balaban J connectivity index is 1.13. The number of rotatable bonds is 6. The molecule has 1 unspecified atom stereocenters. The summed E-state index contributed by atoms with van der Waals surface area (Å²) >= 11 is 0. The normalized spacial score (nSPS) is 22.2. The van der Waals surface area contributed by atoms with Crippen molar-refractivity contribution in [3.05, 3.63) is 72.0 Å². The van der Waals surface area contributed by atoms with Crippen molar-refractivity contribution in [2.24, 2.45) is 11.8 Å². The molecule has 170 valence electrons. The molecule has 1 amide bonds. The summed E-state index contributed by atoms with van der Waals surface area (Å²) in [4.78, 5) is 13.6. The molecule has 6 nitrogen and oxygen atoms in total. The first-order valence-corrected chi connectivity index (χ1v) is 11.5. The van der Waals surface area contributed by atoms with Crippen LogP contribution in [0, 0.1) is 17.7 Å². The van der Waals surface area contributed by atoms with Crippen molar-refractivity contribution >= 4 is 17.4 Å². The fourth-order valence-corrected chi connectivity index (χ4v) is 5.24. The molecule has 3 aromatic rings. The third kappa shape index (κ3) is 5.20. The second kappa shape index (κ2) is 9.27. The van der Waals surface area contributed by atoms with Crippen molar-refractivity contribution in [3.8, 4) is 11.3 Å². The maximum absolute atomic E-state index is 13.5. The lowest BCUT2D eigenvalue weighted by Gasteiger charge is -2.20. The number of benzene rings is 2. The molecular formula is C26H28FN5O. The van der Waals surface area contributed by atoms with Gasteiger partial charge in [0, 0.05) is 43.9 Å². The summed E-state index contributed by atoms with van der Waals surface area (Å²) < 4.78 is 13.5. The van der Waals surface area contributed by atoms with Gasteiger partial charge in [-0.3, -0.25) is 9.69 Å². The first-order valence-electron chi connectivity index (χ1n) is 11.5. The molecule has 2 aliphatic rings. The summed E-state index contributed by atoms with van der Waals surface area (Å²) in [5.41, 5.74) is 3.56. The van der Waals surface area contributed by atoms with Crippen LogP contribution in [-0.2, 0) is 11.3 Å². The van der Waals surface area contributed by atoms with E-state index >= 15 is 0 Å². The number of aromatic nitrogens is 2. The van der Waals surface area contributed by atoms with Gasteiger partial charge in [-0.25, -0.2) is 4.39 Å². The molecular weight excluding hydrogens is 417 g/mol. The Morgan fingerprint density at radius 2 is 1.79 bits per heavy atom. The van der Waals surface area contributed by atoms with Gasteiger partial charge in [0.2, 0.25) is 5.91 Å². The van der Waals surface area contributed by atoms with Gasteiger partial charge in [0.05, 0.1) is 5.69 Å². The second-order valence-corrected chi connectivity index (χ2v) is 9.22. The van der Waals surface area contributed by atoms with Gasteiger partial charge >= 0.3 is 0 Å². The molecule has 5 rings (SSSR count). The van der Waals surface area contributed by atoms with Gasteiger partial charge in [0.1, 0.15) is 11.6 Å². The Kier molecular flexibility index (Phi) is 6.05. The number of hydrogen-bond acceptors (Lipinski definition) is 5. The van der Waals surface area contributed by atoms with Crippen molar-refractivity contribution in [2.45, 2.75) is 32.4 Å². The average Bonchev–Trinajstić information content (AvgIpc) is 3.32. The van der Waals surface area contributed by atoms with Gasteiger partial charge in [-0.2, -0.15) is 0 Å². The van der Waals surface area contributed by atoms with Crippen molar-refractivity contribution in [1.29, 1.82) is 0 Å². The van der Waals surface area contributed by atoms with Gasteiger partial charge in [-0.15, -0.1) is 10.2 Å². The zero-order chi connectivity index (χ0) is 22.8. The number of fused-ring (bicyclic) bond motifs is 1. The number of halogens is 1. The molecule has 1 saturated carbocycles. The molecule has 2 fully saturated rings. The molecule has 2 heterocycles. The Bertz CT molecular complexity index is 1100. The smallest absolute Gasteiger partial charge is 0.221 e. The summed E-state index contributed by atoms with van der Waals surface area (Å²) in [6, 6.07) is 18.9. The van der Waals surface area contributed by atoms with Crippen molar-refractivity contribution in [3.63, 3.8) is 0 Å². The number of hydrogen-bond donors (Lipinski definition) is 2. The predicted octanol–water partition coefficient (Wildman–Crippen LogP) is 4.56. The number of carbonyl (C=O) groups is 1. The minimum absolute atomic E-state index is 0.0895. The van der Waals surface area contributed by atoms with E-state index in [2.05, 4.69) is 25.7 Å². The van der Waals surface area contributed by atoms with Gasteiger partial charge in [-0.05, 0) is 66.6 Å². The van der Waals surface area contributed by atoms with E-state index in [1.54, 1.807) is 12.1 Å². The fraction of sp³-hybridized carbons (Fsp3) is 0.346. The minimum Gasteiger partial charge on any atom is -0.366 e. The van der Waals surface area contributed by atoms with E-state index in [1.165, 1.54) is 13.0 Å². The quantitative estimate of drug-likeness (QED) is 0.582. The number of nitrogens with one attached hydrogen (secondary N) is 2. The fourth-order valence-electron chi connectivity index (χ4n) is 5.24. The van der Waals surface area contributed by atoms with Crippen LogP contribution in [0.15, 0.2) is 60.7 Å². The van der Waals surface area contributed by atoms with Crippen LogP contribution < -0.4 is 10.6 Å². The van der Waals surface area contributed by atoms with E-state index in [-0.39, 0.29) is 11.7 Å². The summed E-state index contributed by atoms with van der Waals surface area (Å²) in [5.74, 6) is 1.89. The zero-order valence-electron chi connectivity index (χ0n) is 18.7. The van der Waals surface area contributed by atoms with E-state index in [4.69, 9.17) is 0 Å². The zero-order valence-corrected chi connectivity index (χ0v) is 18.7. The van der Waals surface area contributed by atoms with Gasteiger partial charge in [0.15, 0.2) is 0 Å². The Morgan fingerprint density at radius 1 is 1.03 bits per heavy atom. The highest BCUT2D eigenvalue weighted by Gasteiger charge is 2.40. The van der Waals surface area contributed by atoms with Gasteiger partial charge < -0.3 is 10.6 Å². The molecule has 1 aliphatic heterocycles. The molecule has 7 heteroatoms. The molecule has 2 N–H and O–H groups in total. The standard InChI is InChI=1S/C26H28FN5O/c1-17(33)28-23-7-5-19(6-8-23)25-9-10-26(31-30-25)29-24-12-20-15-32(16-21(20)13-24)14-18-3-2-4-22(27)11-18/h2-11,20-21,24H,12-16H2,1H3,(H,28,33)(H,29,31)/t20-,21+,24?. The van der Waals surface area contributed by atoms with Crippen molar-refractivity contribution < 1.29 is 9.18 Å². The molecule has 1 saturated heterocycles. The van der Waals surface area contributed by atoms with Gasteiger partial charge in [-0.1, -0.05) is 24.3 Å². The number of amides is 1. The molecule has 33 heavy (non-hydrogen) atoms. The van der Waals surface area contributed by atoms with E-state index < -0.39 is 0 Å². The van der Waals surface area contributed by atoms with E-state index in [9.17, 15) is 9.18 Å².